The topological polar surface area (TPSA) is 43.8 Å². The maximum atomic E-state index is 13.1. The highest BCUT2D eigenvalue weighted by Crippen LogP contribution is 2.34. The van der Waals surface area contributed by atoms with Crippen molar-refractivity contribution in [2.45, 2.75) is 37.8 Å². The summed E-state index contributed by atoms with van der Waals surface area (Å²) in [4.78, 5) is 16.9. The fourth-order valence-corrected chi connectivity index (χ4v) is 5.24. The third-order valence-corrected chi connectivity index (χ3v) is 7.55. The molecule has 0 amide bonds. The van der Waals surface area contributed by atoms with E-state index in [1.165, 1.54) is 12.1 Å². The molecule has 1 fully saturated rings. The van der Waals surface area contributed by atoms with Crippen molar-refractivity contribution >= 4 is 11.7 Å². The average Bonchev–Trinajstić information content (AvgIpc) is 2.92. The summed E-state index contributed by atoms with van der Waals surface area (Å²) in [5.41, 5.74) is 1.72. The second kappa shape index (κ2) is 11.4. The molecule has 3 aromatic rings. The van der Waals surface area contributed by atoms with E-state index in [0.717, 1.165) is 62.0 Å². The molecule has 0 radical (unpaired) electrons. The van der Waals surface area contributed by atoms with E-state index in [1.807, 2.05) is 61.5 Å². The molecular formula is C30H33F3N2O2. The van der Waals surface area contributed by atoms with Crippen LogP contribution in [0.5, 0.6) is 0 Å². The van der Waals surface area contributed by atoms with Crippen LogP contribution in [0.4, 0.5) is 18.9 Å². The average molecular weight is 511 g/mol. The lowest BCUT2D eigenvalue weighted by molar-refractivity contribution is -0.144. The minimum Gasteiger partial charge on any atom is -0.481 e. The number of carboxylic acid groups (broad SMARTS) is 1. The van der Waals surface area contributed by atoms with Gasteiger partial charge in [-0.05, 0) is 66.8 Å². The zero-order chi connectivity index (χ0) is 26.5. The lowest BCUT2D eigenvalue weighted by atomic mass is 9.74. The number of carbonyl (C=O) groups is 1. The van der Waals surface area contributed by atoms with Crippen LogP contribution in [0.15, 0.2) is 78.9 Å². The molecule has 4 rings (SSSR count). The van der Waals surface area contributed by atoms with Gasteiger partial charge in [-0.15, -0.1) is 0 Å². The lowest BCUT2D eigenvalue weighted by Gasteiger charge is -2.37. The molecule has 0 aliphatic carbocycles. The Morgan fingerprint density at radius 2 is 1.49 bits per heavy atom. The molecule has 1 unspecified atom stereocenters. The van der Waals surface area contributed by atoms with Gasteiger partial charge in [0.15, 0.2) is 0 Å². The Morgan fingerprint density at radius 3 is 2.08 bits per heavy atom. The van der Waals surface area contributed by atoms with E-state index >= 15 is 0 Å². The number of alkyl halides is 3. The summed E-state index contributed by atoms with van der Waals surface area (Å²) in [5, 5.41) is 10.0. The fraction of sp³-hybridized carbons (Fsp3) is 0.367. The Labute approximate surface area is 216 Å². The SMILES string of the molecule is CCC(CCCN1CCN(c2ccc(-c3cccc(C(F)(F)F)c3)cc2)CC1)(C(=O)O)c1ccccc1. The molecule has 3 aromatic carbocycles. The minimum absolute atomic E-state index is 0.547. The number of hydrogen-bond acceptors (Lipinski definition) is 3. The Bertz CT molecular complexity index is 1170. The molecule has 0 bridgehead atoms. The lowest BCUT2D eigenvalue weighted by Crippen LogP contribution is -2.47. The predicted octanol–water partition coefficient (Wildman–Crippen LogP) is 6.71. The largest absolute Gasteiger partial charge is 0.481 e. The molecule has 7 heteroatoms. The van der Waals surface area contributed by atoms with Crippen LogP contribution in [-0.2, 0) is 16.4 Å². The standard InChI is InChI=1S/C30H33F3N2O2/c1-2-29(28(36)37,25-9-4-3-5-10-25)16-7-17-34-18-20-35(21-19-34)27-14-12-23(13-15-27)24-8-6-11-26(22-24)30(31,32)33/h3-6,8-15,22H,2,7,16-21H2,1H3,(H,36,37). The fourth-order valence-electron chi connectivity index (χ4n) is 5.24. The molecule has 0 saturated carbocycles. The van der Waals surface area contributed by atoms with Crippen LogP contribution in [-0.4, -0.2) is 48.7 Å². The Kier molecular flexibility index (Phi) is 8.22. The van der Waals surface area contributed by atoms with Gasteiger partial charge in [-0.25, -0.2) is 0 Å². The van der Waals surface area contributed by atoms with Crippen molar-refractivity contribution in [2.75, 3.05) is 37.6 Å². The van der Waals surface area contributed by atoms with Gasteiger partial charge in [-0.1, -0.05) is 61.5 Å². The zero-order valence-electron chi connectivity index (χ0n) is 21.0. The summed E-state index contributed by atoms with van der Waals surface area (Å²) in [6, 6.07) is 22.6. The first-order chi connectivity index (χ1) is 17.7. The molecule has 1 aliphatic rings. The van der Waals surface area contributed by atoms with Crippen LogP contribution in [0.1, 0.15) is 37.3 Å². The van der Waals surface area contributed by atoms with E-state index < -0.39 is 23.1 Å². The van der Waals surface area contributed by atoms with E-state index in [2.05, 4.69) is 9.80 Å². The van der Waals surface area contributed by atoms with Gasteiger partial charge in [0.2, 0.25) is 0 Å². The van der Waals surface area contributed by atoms with Crippen LogP contribution < -0.4 is 4.90 Å². The summed E-state index contributed by atoms with van der Waals surface area (Å²) in [6.45, 7) is 6.25. The van der Waals surface area contributed by atoms with Gasteiger partial charge in [0.25, 0.3) is 0 Å². The van der Waals surface area contributed by atoms with Gasteiger partial charge in [-0.2, -0.15) is 13.2 Å². The quantitative estimate of drug-likeness (QED) is 0.348. The van der Waals surface area contributed by atoms with E-state index in [9.17, 15) is 23.1 Å². The normalized spacial score (nSPS) is 16.4. The highest BCUT2D eigenvalue weighted by Gasteiger charge is 2.38. The predicted molar refractivity (Wildman–Crippen MR) is 141 cm³/mol. The van der Waals surface area contributed by atoms with E-state index in [-0.39, 0.29) is 0 Å². The van der Waals surface area contributed by atoms with Crippen molar-refractivity contribution in [1.82, 2.24) is 4.90 Å². The molecule has 1 heterocycles. The first-order valence-corrected chi connectivity index (χ1v) is 12.8. The van der Waals surface area contributed by atoms with E-state index in [1.54, 1.807) is 6.07 Å². The molecule has 1 saturated heterocycles. The summed E-state index contributed by atoms with van der Waals surface area (Å²) >= 11 is 0. The van der Waals surface area contributed by atoms with Crippen LogP contribution in [0.3, 0.4) is 0 Å². The number of aliphatic carboxylic acids is 1. The number of carboxylic acids is 1. The smallest absolute Gasteiger partial charge is 0.416 e. The maximum Gasteiger partial charge on any atom is 0.416 e. The first-order valence-electron chi connectivity index (χ1n) is 12.8. The monoisotopic (exact) mass is 510 g/mol. The van der Waals surface area contributed by atoms with Crippen molar-refractivity contribution in [3.05, 3.63) is 90.0 Å². The number of anilines is 1. The Morgan fingerprint density at radius 1 is 0.838 bits per heavy atom. The third-order valence-electron chi connectivity index (χ3n) is 7.55. The number of benzene rings is 3. The minimum atomic E-state index is -4.36. The van der Waals surface area contributed by atoms with Crippen molar-refractivity contribution < 1.29 is 23.1 Å². The van der Waals surface area contributed by atoms with Crippen LogP contribution in [0.2, 0.25) is 0 Å². The highest BCUT2D eigenvalue weighted by atomic mass is 19.4. The van der Waals surface area contributed by atoms with Crippen molar-refractivity contribution in [3.63, 3.8) is 0 Å². The molecule has 4 nitrogen and oxygen atoms in total. The summed E-state index contributed by atoms with van der Waals surface area (Å²) in [5.74, 6) is -0.764. The number of nitrogens with zero attached hydrogens (tertiary/aromatic N) is 2. The number of halogens is 3. The van der Waals surface area contributed by atoms with Crippen LogP contribution in [0, 0.1) is 0 Å². The Balaban J connectivity index is 1.31. The van der Waals surface area contributed by atoms with Crippen LogP contribution in [0.25, 0.3) is 11.1 Å². The number of piperazine rings is 1. The number of rotatable bonds is 9. The van der Waals surface area contributed by atoms with Gasteiger partial charge in [0.05, 0.1) is 11.0 Å². The third kappa shape index (κ3) is 6.16. The summed E-state index contributed by atoms with van der Waals surface area (Å²) in [6.07, 6.45) is -2.40. The van der Waals surface area contributed by atoms with Gasteiger partial charge in [0.1, 0.15) is 0 Å². The molecular weight excluding hydrogens is 477 g/mol. The maximum absolute atomic E-state index is 13.1. The molecule has 196 valence electrons. The second-order valence-electron chi connectivity index (χ2n) is 9.66. The zero-order valence-corrected chi connectivity index (χ0v) is 21.0. The van der Waals surface area contributed by atoms with Gasteiger partial charge in [-0.3, -0.25) is 9.69 Å². The summed E-state index contributed by atoms with van der Waals surface area (Å²) in [7, 11) is 0. The Hall–Kier alpha value is -3.32. The van der Waals surface area contributed by atoms with Gasteiger partial charge >= 0.3 is 12.1 Å². The summed E-state index contributed by atoms with van der Waals surface area (Å²) < 4.78 is 39.2. The molecule has 1 N–H and O–H groups in total. The van der Waals surface area contributed by atoms with Crippen LogP contribution >= 0.6 is 0 Å². The van der Waals surface area contributed by atoms with E-state index in [4.69, 9.17) is 0 Å². The second-order valence-corrected chi connectivity index (χ2v) is 9.66. The molecule has 1 aliphatic heterocycles. The first kappa shape index (κ1) is 26.7. The molecule has 0 aromatic heterocycles. The molecule has 1 atom stereocenters. The van der Waals surface area contributed by atoms with Gasteiger partial charge in [0, 0.05) is 31.9 Å². The molecule has 0 spiro atoms. The van der Waals surface area contributed by atoms with Crippen molar-refractivity contribution in [2.24, 2.45) is 0 Å². The van der Waals surface area contributed by atoms with E-state index in [0.29, 0.717) is 18.4 Å². The number of hydrogen-bond donors (Lipinski definition) is 1. The van der Waals surface area contributed by atoms with Crippen molar-refractivity contribution in [3.8, 4) is 11.1 Å². The van der Waals surface area contributed by atoms with Gasteiger partial charge < -0.3 is 10.0 Å². The highest BCUT2D eigenvalue weighted by molar-refractivity contribution is 5.81. The van der Waals surface area contributed by atoms with Crippen molar-refractivity contribution in [1.29, 1.82) is 0 Å². The molecule has 37 heavy (non-hydrogen) atoms.